The molecule has 0 aromatic carbocycles. The smallest absolute Gasteiger partial charge is 0.306 e. The summed E-state index contributed by atoms with van der Waals surface area (Å²) in [6.45, 7) is 0.653. The minimum absolute atomic E-state index is 0.192. The van der Waals surface area contributed by atoms with E-state index in [2.05, 4.69) is 45.2 Å². The molecule has 0 amide bonds. The summed E-state index contributed by atoms with van der Waals surface area (Å²) in [5.74, 6) is -0.383. The van der Waals surface area contributed by atoms with Gasteiger partial charge in [-0.15, -0.1) is 0 Å². The molecule has 0 unspecified atom stereocenters. The number of carbonyl (C=O) groups excluding carboxylic acids is 2. The Bertz CT molecular complexity index is 177. The Morgan fingerprint density at radius 2 is 1.27 bits per heavy atom. The molecule has 88 valence electrons. The van der Waals surface area contributed by atoms with Crippen LogP contribution < -0.4 is 0 Å². The number of esters is 2. The van der Waals surface area contributed by atoms with E-state index in [0.717, 1.165) is 8.86 Å². The van der Waals surface area contributed by atoms with Gasteiger partial charge in [0.25, 0.3) is 0 Å². The minimum Gasteiger partial charge on any atom is -0.466 e. The second-order valence-electron chi connectivity index (χ2n) is 2.67. The molecular formula is C9H14I2O4. The highest BCUT2D eigenvalue weighted by Gasteiger charge is 2.02. The van der Waals surface area contributed by atoms with Gasteiger partial charge in [-0.1, -0.05) is 45.2 Å². The third kappa shape index (κ3) is 10.7. The molecule has 0 N–H and O–H groups in total. The summed E-state index contributed by atoms with van der Waals surface area (Å²) in [7, 11) is 0. The number of hydrogen-bond acceptors (Lipinski definition) is 4. The molecule has 0 aromatic rings. The maximum Gasteiger partial charge on any atom is 0.306 e. The van der Waals surface area contributed by atoms with Gasteiger partial charge in [0, 0.05) is 15.3 Å². The largest absolute Gasteiger partial charge is 0.466 e. The molecule has 0 fully saturated rings. The number of ether oxygens (including phenoxy) is 2. The molecule has 0 spiro atoms. The van der Waals surface area contributed by atoms with Gasteiger partial charge in [-0.2, -0.15) is 0 Å². The molecule has 4 nitrogen and oxygen atoms in total. The van der Waals surface area contributed by atoms with Gasteiger partial charge in [0.1, 0.15) is 0 Å². The predicted octanol–water partition coefficient (Wildman–Crippen LogP) is 2.11. The summed E-state index contributed by atoms with van der Waals surface area (Å²) in [5.41, 5.74) is 0. The number of carbonyl (C=O) groups is 2. The van der Waals surface area contributed by atoms with Crippen LogP contribution in [0.2, 0.25) is 0 Å². The van der Waals surface area contributed by atoms with E-state index < -0.39 is 0 Å². The Morgan fingerprint density at radius 1 is 0.867 bits per heavy atom. The lowest BCUT2D eigenvalue weighted by Crippen LogP contribution is -2.10. The van der Waals surface area contributed by atoms with E-state index >= 15 is 0 Å². The van der Waals surface area contributed by atoms with Gasteiger partial charge in [0.2, 0.25) is 0 Å². The summed E-state index contributed by atoms with van der Waals surface area (Å²) in [6, 6.07) is 0. The van der Waals surface area contributed by atoms with Gasteiger partial charge in [0.05, 0.1) is 26.1 Å². The van der Waals surface area contributed by atoms with Crippen molar-refractivity contribution in [2.45, 2.75) is 19.3 Å². The van der Waals surface area contributed by atoms with Crippen LogP contribution in [0.25, 0.3) is 0 Å². The van der Waals surface area contributed by atoms with E-state index in [1.165, 1.54) is 0 Å². The first-order chi connectivity index (χ1) is 7.20. The van der Waals surface area contributed by atoms with Crippen LogP contribution in [0.5, 0.6) is 0 Å². The van der Waals surface area contributed by atoms with E-state index in [1.54, 1.807) is 0 Å². The van der Waals surface area contributed by atoms with Crippen molar-refractivity contribution < 1.29 is 19.1 Å². The molecule has 0 rings (SSSR count). The van der Waals surface area contributed by atoms with Crippen LogP contribution in [-0.4, -0.2) is 34.0 Å². The van der Waals surface area contributed by atoms with Crippen molar-refractivity contribution in [2.75, 3.05) is 22.1 Å². The fraction of sp³-hybridized carbons (Fsp3) is 0.778. The van der Waals surface area contributed by atoms with Crippen LogP contribution in [-0.2, 0) is 19.1 Å². The lowest BCUT2D eigenvalue weighted by molar-refractivity contribution is -0.145. The Labute approximate surface area is 117 Å². The van der Waals surface area contributed by atoms with Crippen LogP contribution in [0.1, 0.15) is 19.3 Å². The third-order valence-corrected chi connectivity index (χ3v) is 2.49. The van der Waals surface area contributed by atoms with Gasteiger partial charge in [-0.25, -0.2) is 0 Å². The summed E-state index contributed by atoms with van der Waals surface area (Å²) < 4.78 is 11.3. The second kappa shape index (κ2) is 10.9. The molecule has 6 heteroatoms. The Hall–Kier alpha value is 0.400. The predicted molar refractivity (Wildman–Crippen MR) is 73.5 cm³/mol. The normalized spacial score (nSPS) is 9.73. The molecule has 0 aliphatic heterocycles. The quantitative estimate of drug-likeness (QED) is 0.251. The first-order valence-electron chi connectivity index (χ1n) is 4.64. The van der Waals surface area contributed by atoms with Crippen molar-refractivity contribution in [3.63, 3.8) is 0 Å². The molecule has 0 aliphatic carbocycles. The number of alkyl halides is 2. The van der Waals surface area contributed by atoms with E-state index in [9.17, 15) is 9.59 Å². The third-order valence-electron chi connectivity index (χ3n) is 1.41. The minimum atomic E-state index is -0.192. The van der Waals surface area contributed by atoms with Gasteiger partial charge >= 0.3 is 11.9 Å². The standard InChI is InChI=1S/C9H14I2O4/c10-4-2-8(12)14-6-1-7-15-9(13)3-5-11/h1-7H2. The molecule has 0 heterocycles. The molecule has 0 saturated carbocycles. The first-order valence-corrected chi connectivity index (χ1v) is 7.69. The monoisotopic (exact) mass is 440 g/mol. The molecule has 0 saturated heterocycles. The fourth-order valence-electron chi connectivity index (χ4n) is 0.730. The number of halogens is 2. The molecule has 15 heavy (non-hydrogen) atoms. The van der Waals surface area contributed by atoms with Crippen LogP contribution in [0.15, 0.2) is 0 Å². The summed E-state index contributed by atoms with van der Waals surface area (Å²) in [6.07, 6.45) is 1.45. The average Bonchev–Trinajstić information content (AvgIpc) is 2.18. The molecule has 0 aliphatic rings. The van der Waals surface area contributed by atoms with Crippen molar-refractivity contribution >= 4 is 57.1 Å². The second-order valence-corrected chi connectivity index (χ2v) is 4.83. The van der Waals surface area contributed by atoms with Gasteiger partial charge in [-0.05, 0) is 0 Å². The van der Waals surface area contributed by atoms with E-state index in [1.807, 2.05) is 0 Å². The Balaban J connectivity index is 3.24. The first kappa shape index (κ1) is 15.4. The maximum absolute atomic E-state index is 10.9. The highest BCUT2D eigenvalue weighted by molar-refractivity contribution is 14.1. The van der Waals surface area contributed by atoms with Gasteiger partial charge < -0.3 is 9.47 Å². The summed E-state index contributed by atoms with van der Waals surface area (Å²) in [4.78, 5) is 21.8. The lowest BCUT2D eigenvalue weighted by Gasteiger charge is -2.04. The lowest BCUT2D eigenvalue weighted by atomic mass is 10.4. The van der Waals surface area contributed by atoms with E-state index in [-0.39, 0.29) is 11.9 Å². The van der Waals surface area contributed by atoms with Crippen LogP contribution >= 0.6 is 45.2 Å². The molecule has 0 radical (unpaired) electrons. The highest BCUT2D eigenvalue weighted by Crippen LogP contribution is 1.96. The topological polar surface area (TPSA) is 52.6 Å². The van der Waals surface area contributed by atoms with Crippen molar-refractivity contribution in [3.05, 3.63) is 0 Å². The average molecular weight is 440 g/mol. The maximum atomic E-state index is 10.9. The summed E-state index contributed by atoms with van der Waals surface area (Å²) in [5, 5.41) is 0. The van der Waals surface area contributed by atoms with E-state index in [0.29, 0.717) is 32.5 Å². The van der Waals surface area contributed by atoms with Crippen molar-refractivity contribution in [1.82, 2.24) is 0 Å². The van der Waals surface area contributed by atoms with Crippen molar-refractivity contribution in [3.8, 4) is 0 Å². The molecular weight excluding hydrogens is 426 g/mol. The summed E-state index contributed by atoms with van der Waals surface area (Å²) >= 11 is 4.24. The fourth-order valence-corrected chi connectivity index (χ4v) is 1.61. The molecule has 0 atom stereocenters. The van der Waals surface area contributed by atoms with Crippen molar-refractivity contribution in [2.24, 2.45) is 0 Å². The SMILES string of the molecule is O=C(CCI)OCCCOC(=O)CCI. The zero-order valence-corrected chi connectivity index (χ0v) is 12.7. The Morgan fingerprint density at radius 3 is 1.60 bits per heavy atom. The highest BCUT2D eigenvalue weighted by atomic mass is 127. The van der Waals surface area contributed by atoms with E-state index in [4.69, 9.17) is 9.47 Å². The van der Waals surface area contributed by atoms with Crippen LogP contribution in [0.4, 0.5) is 0 Å². The van der Waals surface area contributed by atoms with Crippen molar-refractivity contribution in [1.29, 1.82) is 0 Å². The van der Waals surface area contributed by atoms with Crippen LogP contribution in [0, 0.1) is 0 Å². The van der Waals surface area contributed by atoms with Gasteiger partial charge in [-0.3, -0.25) is 9.59 Å². The zero-order valence-electron chi connectivity index (χ0n) is 8.34. The molecule has 0 aromatic heterocycles. The number of hydrogen-bond donors (Lipinski definition) is 0. The van der Waals surface area contributed by atoms with Crippen LogP contribution in [0.3, 0.4) is 0 Å². The number of rotatable bonds is 8. The van der Waals surface area contributed by atoms with Gasteiger partial charge in [0.15, 0.2) is 0 Å². The molecule has 0 bridgehead atoms. The zero-order chi connectivity index (χ0) is 11.5. The Kier molecular flexibility index (Phi) is 11.2.